The summed E-state index contributed by atoms with van der Waals surface area (Å²) >= 11 is 1.15. The van der Waals surface area contributed by atoms with E-state index in [0.29, 0.717) is 45.9 Å². The minimum Gasteiger partial charge on any atom is -0.494 e. The average molecular weight is 883 g/mol. The van der Waals surface area contributed by atoms with E-state index in [0.717, 1.165) is 35.8 Å². The van der Waals surface area contributed by atoms with Gasteiger partial charge in [-0.15, -0.1) is 0 Å². The molecule has 0 aliphatic carbocycles. The Morgan fingerprint density at radius 2 is 1.37 bits per heavy atom. The lowest BCUT2D eigenvalue weighted by Gasteiger charge is -2.27. The predicted octanol–water partition coefficient (Wildman–Crippen LogP) is 12.3. The lowest BCUT2D eigenvalue weighted by molar-refractivity contribution is -0.119. The van der Waals surface area contributed by atoms with E-state index in [2.05, 4.69) is 10.3 Å². The van der Waals surface area contributed by atoms with Crippen LogP contribution in [0.15, 0.2) is 84.1 Å². The predicted molar refractivity (Wildman–Crippen MR) is 248 cm³/mol. The van der Waals surface area contributed by atoms with Gasteiger partial charge in [-0.3, -0.25) is 4.57 Å². The Balaban J connectivity index is 0.000000624. The van der Waals surface area contributed by atoms with Gasteiger partial charge in [0.05, 0.1) is 44.4 Å². The molecule has 0 saturated carbocycles. The molecular weight excluding hydrogens is 818 g/mol. The second kappa shape index (κ2) is 25.7. The Morgan fingerprint density at radius 3 is 1.92 bits per heavy atom. The van der Waals surface area contributed by atoms with Gasteiger partial charge in [0.15, 0.2) is 28.2 Å². The lowest BCUT2D eigenvalue weighted by atomic mass is 10.0. The number of hydrogen-bond donors (Lipinski definition) is 1. The van der Waals surface area contributed by atoms with Crippen molar-refractivity contribution in [3.8, 4) is 34.1 Å². The van der Waals surface area contributed by atoms with Gasteiger partial charge in [-0.05, 0) is 101 Å². The molecular formula is C48H65F3N4O6S. The highest BCUT2D eigenvalue weighted by Gasteiger charge is 2.22. The van der Waals surface area contributed by atoms with Gasteiger partial charge in [0, 0.05) is 55.5 Å². The number of aldehydes is 1. The zero-order valence-electron chi connectivity index (χ0n) is 38.7. The molecule has 0 amide bonds. The summed E-state index contributed by atoms with van der Waals surface area (Å²) in [4.78, 5) is 16.6. The Labute approximate surface area is 371 Å². The molecule has 1 aromatic heterocycles. The molecule has 4 aromatic carbocycles. The van der Waals surface area contributed by atoms with Crippen molar-refractivity contribution < 1.29 is 41.7 Å². The Hall–Kier alpha value is -5.18. The number of nitrogens with zero attached hydrogens (tertiary/aromatic N) is 3. The van der Waals surface area contributed by atoms with Crippen molar-refractivity contribution in [3.63, 3.8) is 0 Å². The number of halogens is 3. The molecule has 0 spiro atoms. The molecule has 5 rings (SSSR count). The number of carbonyl (C=O) groups excluding carboxylic acids is 1. The van der Waals surface area contributed by atoms with Gasteiger partial charge in [-0.25, -0.2) is 18.2 Å². The minimum atomic E-state index is -0.658. The molecule has 62 heavy (non-hydrogen) atoms. The van der Waals surface area contributed by atoms with E-state index in [1.54, 1.807) is 62.4 Å². The normalized spacial score (nSPS) is 10.9. The Kier molecular flexibility index (Phi) is 21.9. The first-order valence-electron chi connectivity index (χ1n) is 20.5. The number of benzene rings is 4. The van der Waals surface area contributed by atoms with Crippen molar-refractivity contribution in [2.75, 3.05) is 58.9 Å². The number of rotatable bonds is 17. The molecule has 5 aromatic rings. The molecule has 10 nitrogen and oxygen atoms in total. The number of hydrogen-bond acceptors (Lipinski definition) is 10. The maximum Gasteiger partial charge on any atom is 0.174 e. The Morgan fingerprint density at radius 1 is 0.758 bits per heavy atom. The summed E-state index contributed by atoms with van der Waals surface area (Å²) in [5.41, 5.74) is 2.86. The van der Waals surface area contributed by atoms with Crippen LogP contribution in [0.1, 0.15) is 74.3 Å². The summed E-state index contributed by atoms with van der Waals surface area (Å²) < 4.78 is 73.8. The van der Waals surface area contributed by atoms with Crippen LogP contribution >= 0.6 is 11.8 Å². The fraction of sp³-hybridized carbons (Fsp3) is 0.417. The van der Waals surface area contributed by atoms with E-state index in [9.17, 15) is 9.18 Å². The summed E-state index contributed by atoms with van der Waals surface area (Å²) in [5.74, 6) is -0.118. The van der Waals surface area contributed by atoms with E-state index in [-0.39, 0.29) is 34.9 Å². The molecule has 340 valence electrons. The van der Waals surface area contributed by atoms with E-state index in [4.69, 9.17) is 23.7 Å². The Bertz CT molecular complexity index is 2100. The summed E-state index contributed by atoms with van der Waals surface area (Å²) in [6.45, 7) is 18.8. The zero-order valence-corrected chi connectivity index (χ0v) is 39.6. The molecule has 0 unspecified atom stereocenters. The van der Waals surface area contributed by atoms with Gasteiger partial charge < -0.3 is 38.7 Å². The van der Waals surface area contributed by atoms with Crippen LogP contribution in [0.2, 0.25) is 0 Å². The molecule has 0 aliphatic heterocycles. The highest BCUT2D eigenvalue weighted by Crippen LogP contribution is 2.38. The fourth-order valence-corrected chi connectivity index (χ4v) is 6.67. The van der Waals surface area contributed by atoms with Crippen LogP contribution < -0.4 is 24.4 Å². The monoisotopic (exact) mass is 882 g/mol. The van der Waals surface area contributed by atoms with E-state index < -0.39 is 17.5 Å². The third-order valence-electron chi connectivity index (χ3n) is 8.98. The first-order chi connectivity index (χ1) is 29.5. The van der Waals surface area contributed by atoms with Crippen LogP contribution in [0.4, 0.5) is 30.4 Å². The largest absolute Gasteiger partial charge is 0.494 e. The maximum atomic E-state index is 15.3. The van der Waals surface area contributed by atoms with Crippen LogP contribution in [-0.2, 0) is 20.0 Å². The molecule has 14 heteroatoms. The molecule has 0 bridgehead atoms. The lowest BCUT2D eigenvalue weighted by Crippen LogP contribution is -2.29. The first-order valence-corrected chi connectivity index (χ1v) is 21.5. The topological polar surface area (TPSA) is 96.3 Å². The third-order valence-corrected chi connectivity index (χ3v) is 9.96. The maximum absolute atomic E-state index is 15.3. The fourth-order valence-electron chi connectivity index (χ4n) is 5.67. The standard InChI is InChI=1S/C33H31F3N4O3S.C11H22O3.2C2H6/c1-37-22-8-6-20(7-9-22)21-14-27(35)25(28(36)15-21)19-44-33-38-18-32(40(33)24-10-12-26(34)30(17-24)42-4)39(2)23-11-13-29(41-3)31(16-23)43-5;1-10(2,3)13-8-6-11(4,5)14-9-7-12;2*1-2/h6-18,37H,19H2,1-5H3;7H,6,8-9H2,1-5H3;2*1-2H3. The van der Waals surface area contributed by atoms with Crippen LogP contribution in [0.5, 0.6) is 17.2 Å². The molecule has 0 radical (unpaired) electrons. The summed E-state index contributed by atoms with van der Waals surface area (Å²) in [6, 6.07) is 19.8. The van der Waals surface area contributed by atoms with E-state index in [1.807, 2.05) is 98.5 Å². The van der Waals surface area contributed by atoms with Crippen molar-refractivity contribution in [3.05, 3.63) is 102 Å². The van der Waals surface area contributed by atoms with E-state index in [1.165, 1.54) is 25.3 Å². The number of anilines is 3. The number of aromatic nitrogens is 2. The summed E-state index contributed by atoms with van der Waals surface area (Å²) in [6.07, 6.45) is 3.20. The molecule has 0 saturated heterocycles. The van der Waals surface area contributed by atoms with E-state index >= 15 is 8.78 Å². The van der Waals surface area contributed by atoms with Gasteiger partial charge in [0.25, 0.3) is 0 Å². The van der Waals surface area contributed by atoms with Crippen molar-refractivity contribution >= 4 is 35.2 Å². The van der Waals surface area contributed by atoms with Gasteiger partial charge in [0.1, 0.15) is 30.3 Å². The molecule has 0 aliphatic rings. The molecule has 1 heterocycles. The van der Waals surface area contributed by atoms with Gasteiger partial charge >= 0.3 is 0 Å². The third kappa shape index (κ3) is 15.3. The van der Waals surface area contributed by atoms with Gasteiger partial charge in [0.2, 0.25) is 0 Å². The number of methoxy groups -OCH3 is 3. The van der Waals surface area contributed by atoms with Crippen LogP contribution in [0.3, 0.4) is 0 Å². The van der Waals surface area contributed by atoms with Crippen LogP contribution in [0.25, 0.3) is 16.8 Å². The minimum absolute atomic E-state index is 0.0362. The first kappa shape index (κ1) is 53.0. The van der Waals surface area contributed by atoms with Crippen molar-refractivity contribution in [2.24, 2.45) is 0 Å². The van der Waals surface area contributed by atoms with Crippen molar-refractivity contribution in [1.29, 1.82) is 0 Å². The van der Waals surface area contributed by atoms with Gasteiger partial charge in [-0.2, -0.15) is 0 Å². The number of carbonyl (C=O) groups is 1. The highest BCUT2D eigenvalue weighted by atomic mass is 32.2. The zero-order chi connectivity index (χ0) is 46.6. The SMILES string of the molecule is CC.CC.CC(C)(C)OCCC(C)(C)OCC=O.CNc1ccc(-c2cc(F)c(CSc3ncc(N(C)c4ccc(OC)c(OC)c4)n3-c3ccc(F)c(OC)c3)c(F)c2)cc1. The second-order valence-corrected chi connectivity index (χ2v) is 15.6. The van der Waals surface area contributed by atoms with Crippen molar-refractivity contribution in [2.45, 2.75) is 90.8 Å². The molecule has 0 atom stereocenters. The number of imidazole rings is 1. The second-order valence-electron chi connectivity index (χ2n) is 14.6. The molecule has 0 fully saturated rings. The summed E-state index contributed by atoms with van der Waals surface area (Å²) in [7, 11) is 8.13. The number of nitrogens with one attached hydrogen (secondary N) is 1. The van der Waals surface area contributed by atoms with Crippen LogP contribution in [-0.4, -0.2) is 75.7 Å². The average Bonchev–Trinajstić information content (AvgIpc) is 3.69. The quantitative estimate of drug-likeness (QED) is 0.0718. The molecule has 1 N–H and O–H groups in total. The smallest absolute Gasteiger partial charge is 0.174 e. The van der Waals surface area contributed by atoms with Crippen LogP contribution in [0, 0.1) is 17.5 Å². The van der Waals surface area contributed by atoms with Crippen molar-refractivity contribution in [1.82, 2.24) is 9.55 Å². The van der Waals surface area contributed by atoms with Gasteiger partial charge in [-0.1, -0.05) is 51.6 Å². The summed E-state index contributed by atoms with van der Waals surface area (Å²) in [5, 5.41) is 3.46. The number of ether oxygens (including phenoxy) is 5. The highest BCUT2D eigenvalue weighted by molar-refractivity contribution is 7.98. The number of thioether (sulfide) groups is 1.